The second kappa shape index (κ2) is 6.20. The maximum absolute atomic E-state index is 12.1. The topological polar surface area (TPSA) is 20.3 Å². The van der Waals surface area contributed by atoms with E-state index in [0.29, 0.717) is 5.92 Å². The van der Waals surface area contributed by atoms with Crippen LogP contribution < -0.4 is 0 Å². The molecular weight excluding hydrogens is 278 g/mol. The molecule has 0 N–H and O–H groups in total. The number of hydrogen-bond acceptors (Lipinski definition) is 1. The first kappa shape index (κ1) is 14.2. The molecule has 0 bridgehead atoms. The first-order valence-electron chi connectivity index (χ1n) is 5.93. The van der Waals surface area contributed by atoms with Gasteiger partial charge in [0.1, 0.15) is 0 Å². The largest absolute Gasteiger partial charge is 0.342 e. The minimum atomic E-state index is 0.0892. The van der Waals surface area contributed by atoms with E-state index >= 15 is 0 Å². The zero-order chi connectivity index (χ0) is 13.0. The molecule has 17 heavy (non-hydrogen) atoms. The first-order chi connectivity index (χ1) is 7.91. The second-order valence-corrected chi connectivity index (χ2v) is 5.73. The maximum Gasteiger partial charge on any atom is 0.253 e. The Bertz CT molecular complexity index is 401. The van der Waals surface area contributed by atoms with Gasteiger partial charge in [-0.3, -0.25) is 4.79 Å². The fraction of sp³-hybridized carbons (Fsp3) is 0.500. The van der Waals surface area contributed by atoms with E-state index in [-0.39, 0.29) is 5.91 Å². The summed E-state index contributed by atoms with van der Waals surface area (Å²) in [6.07, 6.45) is 1.04. The van der Waals surface area contributed by atoms with Crippen molar-refractivity contribution in [3.05, 3.63) is 33.8 Å². The molecule has 0 heterocycles. The average molecular weight is 298 g/mol. The normalized spacial score (nSPS) is 10.7. The Hall–Kier alpha value is -0.830. The van der Waals surface area contributed by atoms with Crippen molar-refractivity contribution in [2.45, 2.75) is 27.2 Å². The van der Waals surface area contributed by atoms with Crippen LogP contribution in [0.3, 0.4) is 0 Å². The molecule has 0 atom stereocenters. The van der Waals surface area contributed by atoms with Crippen molar-refractivity contribution in [3.8, 4) is 0 Å². The van der Waals surface area contributed by atoms with Crippen LogP contribution in [0.25, 0.3) is 0 Å². The van der Waals surface area contributed by atoms with Crippen LogP contribution in [0.4, 0.5) is 0 Å². The Morgan fingerprint density at radius 2 is 2.06 bits per heavy atom. The summed E-state index contributed by atoms with van der Waals surface area (Å²) in [4.78, 5) is 13.9. The molecular formula is C14H20BrNO. The van der Waals surface area contributed by atoms with Gasteiger partial charge in [-0.1, -0.05) is 35.8 Å². The van der Waals surface area contributed by atoms with E-state index in [1.165, 1.54) is 0 Å². The van der Waals surface area contributed by atoms with Crippen molar-refractivity contribution < 1.29 is 4.79 Å². The summed E-state index contributed by atoms with van der Waals surface area (Å²) in [5.74, 6) is 0.710. The summed E-state index contributed by atoms with van der Waals surface area (Å²) < 4.78 is 0.987. The van der Waals surface area contributed by atoms with Crippen LogP contribution in [0.5, 0.6) is 0 Å². The molecule has 0 aliphatic rings. The van der Waals surface area contributed by atoms with E-state index in [9.17, 15) is 4.79 Å². The summed E-state index contributed by atoms with van der Waals surface area (Å²) >= 11 is 3.45. The van der Waals surface area contributed by atoms with Crippen molar-refractivity contribution in [2.75, 3.05) is 13.6 Å². The summed E-state index contributed by atoms with van der Waals surface area (Å²) in [6, 6.07) is 5.74. The van der Waals surface area contributed by atoms with Gasteiger partial charge in [0.15, 0.2) is 0 Å². The molecule has 1 aromatic carbocycles. The van der Waals surface area contributed by atoms with E-state index in [2.05, 4.69) is 29.8 Å². The molecule has 94 valence electrons. The lowest BCUT2D eigenvalue weighted by atomic mass is 10.1. The van der Waals surface area contributed by atoms with Gasteiger partial charge in [-0.2, -0.15) is 0 Å². The van der Waals surface area contributed by atoms with Gasteiger partial charge in [0, 0.05) is 23.6 Å². The zero-order valence-corrected chi connectivity index (χ0v) is 12.5. The number of carbonyl (C=O) groups excluding carboxylic acids is 1. The second-order valence-electron chi connectivity index (χ2n) is 4.87. The minimum Gasteiger partial charge on any atom is -0.342 e. The number of aryl methyl sites for hydroxylation is 1. The molecule has 0 spiro atoms. The number of benzene rings is 1. The monoisotopic (exact) mass is 297 g/mol. The Balaban J connectivity index is 2.71. The Morgan fingerprint density at radius 3 is 2.59 bits per heavy atom. The van der Waals surface area contributed by atoms with Crippen LogP contribution >= 0.6 is 15.9 Å². The third-order valence-corrected chi connectivity index (χ3v) is 3.66. The zero-order valence-electron chi connectivity index (χ0n) is 11.0. The number of hydrogen-bond donors (Lipinski definition) is 0. The molecule has 2 nitrogen and oxygen atoms in total. The van der Waals surface area contributed by atoms with Gasteiger partial charge in [0.2, 0.25) is 0 Å². The Morgan fingerprint density at radius 1 is 1.41 bits per heavy atom. The van der Waals surface area contributed by atoms with Crippen LogP contribution in [0, 0.1) is 12.8 Å². The van der Waals surface area contributed by atoms with Crippen LogP contribution in [0.15, 0.2) is 22.7 Å². The van der Waals surface area contributed by atoms with Crippen LogP contribution in [0.1, 0.15) is 36.2 Å². The van der Waals surface area contributed by atoms with Crippen molar-refractivity contribution in [3.63, 3.8) is 0 Å². The van der Waals surface area contributed by atoms with Gasteiger partial charge in [-0.25, -0.2) is 0 Å². The summed E-state index contributed by atoms with van der Waals surface area (Å²) in [6.45, 7) is 7.16. The number of rotatable bonds is 4. The lowest BCUT2D eigenvalue weighted by molar-refractivity contribution is 0.0789. The van der Waals surface area contributed by atoms with Crippen molar-refractivity contribution in [1.82, 2.24) is 4.90 Å². The Kier molecular flexibility index (Phi) is 5.19. The highest BCUT2D eigenvalue weighted by molar-refractivity contribution is 9.10. The number of halogens is 1. The SMILES string of the molecule is Cc1ccc(C(=O)N(C)CCC(C)C)cc1Br. The highest BCUT2D eigenvalue weighted by Gasteiger charge is 2.12. The molecule has 0 fully saturated rings. The van der Waals surface area contributed by atoms with Gasteiger partial charge < -0.3 is 4.90 Å². The minimum absolute atomic E-state index is 0.0892. The van der Waals surface area contributed by atoms with Crippen LogP contribution in [0.2, 0.25) is 0 Å². The van der Waals surface area contributed by atoms with Crippen LogP contribution in [-0.4, -0.2) is 24.4 Å². The molecule has 0 unspecified atom stereocenters. The molecule has 1 aromatic rings. The molecule has 0 aromatic heterocycles. The van der Waals surface area contributed by atoms with E-state index < -0.39 is 0 Å². The van der Waals surface area contributed by atoms with Gasteiger partial charge in [0.25, 0.3) is 5.91 Å². The van der Waals surface area contributed by atoms with E-state index in [0.717, 1.165) is 28.6 Å². The first-order valence-corrected chi connectivity index (χ1v) is 6.72. The number of amides is 1. The molecule has 0 radical (unpaired) electrons. The summed E-state index contributed by atoms with van der Waals surface area (Å²) in [7, 11) is 1.86. The molecule has 1 amide bonds. The highest BCUT2D eigenvalue weighted by Crippen LogP contribution is 2.18. The standard InChI is InChI=1S/C14H20BrNO/c1-10(2)7-8-16(4)14(17)12-6-5-11(3)13(15)9-12/h5-6,9-10H,7-8H2,1-4H3. The van der Waals surface area contributed by atoms with Crippen molar-refractivity contribution >= 4 is 21.8 Å². The molecule has 0 aliphatic carbocycles. The van der Waals surface area contributed by atoms with Gasteiger partial charge in [-0.15, -0.1) is 0 Å². The maximum atomic E-state index is 12.1. The van der Waals surface area contributed by atoms with Crippen molar-refractivity contribution in [2.24, 2.45) is 5.92 Å². The fourth-order valence-electron chi connectivity index (χ4n) is 1.50. The molecule has 0 saturated carbocycles. The highest BCUT2D eigenvalue weighted by atomic mass is 79.9. The fourth-order valence-corrected chi connectivity index (χ4v) is 1.88. The average Bonchev–Trinajstić information content (AvgIpc) is 2.28. The quantitative estimate of drug-likeness (QED) is 0.826. The smallest absolute Gasteiger partial charge is 0.253 e. The van der Waals surface area contributed by atoms with E-state index in [1.54, 1.807) is 4.90 Å². The van der Waals surface area contributed by atoms with Gasteiger partial charge in [0.05, 0.1) is 0 Å². The Labute approximate surface area is 112 Å². The summed E-state index contributed by atoms with van der Waals surface area (Å²) in [5.41, 5.74) is 1.89. The van der Waals surface area contributed by atoms with Crippen molar-refractivity contribution in [1.29, 1.82) is 0 Å². The molecule has 0 aliphatic heterocycles. The van der Waals surface area contributed by atoms with Gasteiger partial charge >= 0.3 is 0 Å². The molecule has 1 rings (SSSR count). The lowest BCUT2D eigenvalue weighted by Gasteiger charge is -2.18. The predicted molar refractivity (Wildman–Crippen MR) is 75.3 cm³/mol. The predicted octanol–water partition coefficient (Wildman–Crippen LogP) is 3.88. The third kappa shape index (κ3) is 4.15. The van der Waals surface area contributed by atoms with Crippen LogP contribution in [-0.2, 0) is 0 Å². The molecule has 0 saturated heterocycles. The summed E-state index contributed by atoms with van der Waals surface area (Å²) in [5, 5.41) is 0. The van der Waals surface area contributed by atoms with Gasteiger partial charge in [-0.05, 0) is 37.0 Å². The molecule has 3 heteroatoms. The van der Waals surface area contributed by atoms with E-state index in [4.69, 9.17) is 0 Å². The van der Waals surface area contributed by atoms with E-state index in [1.807, 2.05) is 32.2 Å². The third-order valence-electron chi connectivity index (χ3n) is 2.81. The number of carbonyl (C=O) groups is 1. The lowest BCUT2D eigenvalue weighted by Crippen LogP contribution is -2.28. The number of nitrogens with zero attached hydrogens (tertiary/aromatic N) is 1.